The predicted molar refractivity (Wildman–Crippen MR) is 70.8 cm³/mol. The number of halogens is 1. The first-order valence-corrected chi connectivity index (χ1v) is 6.31. The maximum Gasteiger partial charge on any atom is 0.308 e. The molecule has 2 unspecified atom stereocenters. The van der Waals surface area contributed by atoms with Crippen molar-refractivity contribution in [3.05, 3.63) is 28.2 Å². The van der Waals surface area contributed by atoms with Crippen molar-refractivity contribution < 1.29 is 19.7 Å². The molecule has 4 N–H and O–H groups in total. The molecule has 5 nitrogen and oxygen atoms in total. The molecule has 0 aliphatic rings. The molecule has 100 valence electrons. The Bertz CT molecular complexity index is 425. The van der Waals surface area contributed by atoms with Gasteiger partial charge in [-0.05, 0) is 19.1 Å². The third-order valence-corrected chi connectivity index (χ3v) is 2.91. The molecule has 6 heteroatoms. The van der Waals surface area contributed by atoms with Crippen LogP contribution in [0.5, 0.6) is 0 Å². The van der Waals surface area contributed by atoms with Crippen LogP contribution in [-0.4, -0.2) is 28.9 Å². The Morgan fingerprint density at radius 3 is 2.72 bits per heavy atom. The third kappa shape index (κ3) is 3.97. The van der Waals surface area contributed by atoms with Crippen molar-refractivity contribution in [3.63, 3.8) is 0 Å². The molecule has 0 heterocycles. The first kappa shape index (κ1) is 14.9. The van der Waals surface area contributed by atoms with Crippen LogP contribution in [0.1, 0.15) is 25.0 Å². The van der Waals surface area contributed by atoms with Crippen LogP contribution in [0.4, 0.5) is 5.69 Å². The lowest BCUT2D eigenvalue weighted by Crippen LogP contribution is -2.23. The summed E-state index contributed by atoms with van der Waals surface area (Å²) in [5.41, 5.74) is 6.46. The number of carbonyl (C=O) groups excluding carboxylic acids is 1. The van der Waals surface area contributed by atoms with Gasteiger partial charge in [-0.25, -0.2) is 0 Å². The second-order valence-corrected chi connectivity index (χ2v) is 4.71. The van der Waals surface area contributed by atoms with Gasteiger partial charge in [0.15, 0.2) is 0 Å². The zero-order valence-corrected chi connectivity index (χ0v) is 11.6. The summed E-state index contributed by atoms with van der Waals surface area (Å²) in [7, 11) is 0. The van der Waals surface area contributed by atoms with Gasteiger partial charge in [-0.15, -0.1) is 0 Å². The van der Waals surface area contributed by atoms with Gasteiger partial charge in [0.2, 0.25) is 0 Å². The number of nitrogen functional groups attached to an aromatic ring is 1. The minimum atomic E-state index is -1.24. The molecule has 0 aliphatic carbocycles. The van der Waals surface area contributed by atoms with Crippen molar-refractivity contribution in [2.75, 3.05) is 12.3 Å². The van der Waals surface area contributed by atoms with Gasteiger partial charge in [0, 0.05) is 15.7 Å². The van der Waals surface area contributed by atoms with Gasteiger partial charge < -0.3 is 20.7 Å². The smallest absolute Gasteiger partial charge is 0.308 e. The van der Waals surface area contributed by atoms with E-state index in [9.17, 15) is 15.0 Å². The first-order valence-electron chi connectivity index (χ1n) is 5.52. The van der Waals surface area contributed by atoms with Crippen LogP contribution in [0.3, 0.4) is 0 Å². The van der Waals surface area contributed by atoms with Crippen molar-refractivity contribution in [2.24, 2.45) is 0 Å². The molecule has 0 saturated heterocycles. The normalized spacial score (nSPS) is 14.0. The Morgan fingerprint density at radius 1 is 1.50 bits per heavy atom. The Kier molecular flexibility index (Phi) is 5.58. The molecule has 0 aliphatic heterocycles. The van der Waals surface area contributed by atoms with Crippen LogP contribution in [-0.2, 0) is 9.53 Å². The molecule has 0 bridgehead atoms. The molecule has 0 radical (unpaired) electrons. The maximum absolute atomic E-state index is 11.2. The molecule has 1 aromatic carbocycles. The zero-order valence-electron chi connectivity index (χ0n) is 9.97. The van der Waals surface area contributed by atoms with Crippen LogP contribution >= 0.6 is 15.9 Å². The summed E-state index contributed by atoms with van der Waals surface area (Å²) >= 11 is 3.25. The SMILES string of the molecule is CCOC(=O)CC(O)C(O)c1ccc(Br)cc1N. The Hall–Kier alpha value is -1.11. The summed E-state index contributed by atoms with van der Waals surface area (Å²) in [6.07, 6.45) is -2.74. The minimum absolute atomic E-state index is 0.238. The summed E-state index contributed by atoms with van der Waals surface area (Å²) in [5.74, 6) is -0.556. The highest BCUT2D eigenvalue weighted by atomic mass is 79.9. The topological polar surface area (TPSA) is 92.8 Å². The van der Waals surface area contributed by atoms with Crippen molar-refractivity contribution >= 4 is 27.6 Å². The van der Waals surface area contributed by atoms with E-state index in [1.54, 1.807) is 25.1 Å². The average molecular weight is 318 g/mol. The molecule has 0 fully saturated rings. The summed E-state index contributed by atoms with van der Waals surface area (Å²) in [6.45, 7) is 1.91. The predicted octanol–water partition coefficient (Wildman–Crippen LogP) is 1.38. The lowest BCUT2D eigenvalue weighted by molar-refractivity contribution is -0.147. The molecule has 2 atom stereocenters. The summed E-state index contributed by atoms with van der Waals surface area (Å²) < 4.78 is 5.47. The highest BCUT2D eigenvalue weighted by Crippen LogP contribution is 2.27. The first-order chi connectivity index (χ1) is 8.45. The van der Waals surface area contributed by atoms with E-state index >= 15 is 0 Å². The number of aliphatic hydroxyl groups is 2. The number of carbonyl (C=O) groups is 1. The second kappa shape index (κ2) is 6.72. The van der Waals surface area contributed by atoms with E-state index in [0.29, 0.717) is 11.3 Å². The molecule has 0 aromatic heterocycles. The number of hydrogen-bond acceptors (Lipinski definition) is 5. The number of benzene rings is 1. The van der Waals surface area contributed by atoms with Gasteiger partial charge in [0.05, 0.1) is 19.1 Å². The summed E-state index contributed by atoms with van der Waals surface area (Å²) in [4.78, 5) is 11.2. The van der Waals surface area contributed by atoms with Crippen LogP contribution in [0, 0.1) is 0 Å². The van der Waals surface area contributed by atoms with Crippen LogP contribution in [0.15, 0.2) is 22.7 Å². The van der Waals surface area contributed by atoms with Gasteiger partial charge in [-0.1, -0.05) is 22.0 Å². The van der Waals surface area contributed by atoms with Crippen LogP contribution < -0.4 is 5.73 Å². The van der Waals surface area contributed by atoms with E-state index in [1.807, 2.05) is 0 Å². The molecule has 18 heavy (non-hydrogen) atoms. The summed E-state index contributed by atoms with van der Waals surface area (Å²) in [6, 6.07) is 4.92. The number of hydrogen-bond donors (Lipinski definition) is 3. The number of esters is 1. The lowest BCUT2D eigenvalue weighted by atomic mass is 10.0. The van der Waals surface area contributed by atoms with Gasteiger partial charge in [0.25, 0.3) is 0 Å². The van der Waals surface area contributed by atoms with Crippen molar-refractivity contribution in [3.8, 4) is 0 Å². The molecular weight excluding hydrogens is 302 g/mol. The molecule has 1 aromatic rings. The molecular formula is C12H16BrNO4. The van der Waals surface area contributed by atoms with E-state index in [4.69, 9.17) is 10.5 Å². The summed E-state index contributed by atoms with van der Waals surface area (Å²) in [5, 5.41) is 19.7. The minimum Gasteiger partial charge on any atom is -0.466 e. The number of aliphatic hydroxyl groups excluding tert-OH is 2. The monoisotopic (exact) mass is 317 g/mol. The average Bonchev–Trinajstić information content (AvgIpc) is 2.28. The quantitative estimate of drug-likeness (QED) is 0.563. The molecule has 1 rings (SSSR count). The molecule has 0 saturated carbocycles. The van der Waals surface area contributed by atoms with Gasteiger partial charge in [0.1, 0.15) is 6.10 Å². The van der Waals surface area contributed by atoms with Gasteiger partial charge >= 0.3 is 5.97 Å². The fourth-order valence-electron chi connectivity index (χ4n) is 1.52. The van der Waals surface area contributed by atoms with E-state index in [0.717, 1.165) is 4.47 Å². The molecule has 0 spiro atoms. The standard InChI is InChI=1S/C12H16BrNO4/c1-2-18-11(16)6-10(15)12(17)8-4-3-7(13)5-9(8)14/h3-5,10,12,15,17H,2,6,14H2,1H3. The lowest BCUT2D eigenvalue weighted by Gasteiger charge is -2.19. The third-order valence-electron chi connectivity index (χ3n) is 2.41. The number of ether oxygens (including phenoxy) is 1. The van der Waals surface area contributed by atoms with Crippen LogP contribution in [0.25, 0.3) is 0 Å². The zero-order chi connectivity index (χ0) is 13.7. The highest BCUT2D eigenvalue weighted by Gasteiger charge is 2.23. The molecule has 0 amide bonds. The Balaban J connectivity index is 2.73. The van der Waals surface area contributed by atoms with E-state index < -0.39 is 18.2 Å². The van der Waals surface area contributed by atoms with E-state index in [-0.39, 0.29) is 13.0 Å². The van der Waals surface area contributed by atoms with Crippen LogP contribution in [0.2, 0.25) is 0 Å². The van der Waals surface area contributed by atoms with Crippen molar-refractivity contribution in [1.29, 1.82) is 0 Å². The highest BCUT2D eigenvalue weighted by molar-refractivity contribution is 9.10. The number of rotatable bonds is 5. The van der Waals surface area contributed by atoms with Gasteiger partial charge in [-0.2, -0.15) is 0 Å². The Labute approximate surface area is 114 Å². The fraction of sp³-hybridized carbons (Fsp3) is 0.417. The fourth-order valence-corrected chi connectivity index (χ4v) is 1.90. The largest absolute Gasteiger partial charge is 0.466 e. The number of anilines is 1. The maximum atomic E-state index is 11.2. The van der Waals surface area contributed by atoms with E-state index in [2.05, 4.69) is 15.9 Å². The van der Waals surface area contributed by atoms with Crippen molar-refractivity contribution in [2.45, 2.75) is 25.6 Å². The van der Waals surface area contributed by atoms with E-state index in [1.165, 1.54) is 0 Å². The van der Waals surface area contributed by atoms with Crippen molar-refractivity contribution in [1.82, 2.24) is 0 Å². The second-order valence-electron chi connectivity index (χ2n) is 3.79. The number of nitrogens with two attached hydrogens (primary N) is 1. The Morgan fingerprint density at radius 2 is 2.17 bits per heavy atom. The van der Waals surface area contributed by atoms with Gasteiger partial charge in [-0.3, -0.25) is 4.79 Å².